The molecule has 4 aliphatic carbocycles. The summed E-state index contributed by atoms with van der Waals surface area (Å²) in [5.74, 6) is 8.09. The van der Waals surface area contributed by atoms with Gasteiger partial charge in [0.05, 0.1) is 0 Å². The lowest BCUT2D eigenvalue weighted by Crippen LogP contribution is -2.53. The molecule has 0 aromatic heterocycles. The predicted octanol–water partition coefficient (Wildman–Crippen LogP) is 9.52. The van der Waals surface area contributed by atoms with Gasteiger partial charge in [0.15, 0.2) is 0 Å². The SMILES string of the molecule is CCC(C)[C@H](CC)CC[C@@H](C)[C@H]1CC[C@H]2[C@@H]3CCC4CCCC[C@]4(C)[C@H]3CC[C@]12C. The lowest BCUT2D eigenvalue weighted by Gasteiger charge is -2.61. The van der Waals surface area contributed by atoms with E-state index in [1.54, 1.807) is 51.4 Å². The Kier molecular flexibility index (Phi) is 7.02. The molecule has 4 fully saturated rings. The van der Waals surface area contributed by atoms with Crippen LogP contribution in [0.25, 0.3) is 0 Å². The first-order chi connectivity index (χ1) is 14.3. The molecule has 0 bridgehead atoms. The molecule has 0 heteroatoms. The molecule has 30 heavy (non-hydrogen) atoms. The maximum absolute atomic E-state index is 2.77. The van der Waals surface area contributed by atoms with Gasteiger partial charge in [-0.2, -0.15) is 0 Å². The van der Waals surface area contributed by atoms with Crippen LogP contribution >= 0.6 is 0 Å². The molecule has 0 radical (unpaired) electrons. The smallest absolute Gasteiger partial charge is 0.0264 e. The monoisotopic (exact) mass is 414 g/mol. The van der Waals surface area contributed by atoms with Crippen molar-refractivity contribution in [3.63, 3.8) is 0 Å². The standard InChI is InChI=1S/C30H54/c1-7-21(3)23(8-2)13-12-22(4)26-16-17-27-25-15-14-24-11-9-10-19-29(24,5)28(25)18-20-30(26,27)6/h21-28H,7-20H2,1-6H3/t21?,22-,23-,24?,25+,26-,27+,28+,29+,30-/m1/s1. The van der Waals surface area contributed by atoms with Crippen LogP contribution in [0.3, 0.4) is 0 Å². The van der Waals surface area contributed by atoms with E-state index < -0.39 is 0 Å². The molecule has 0 aromatic carbocycles. The Morgan fingerprint density at radius 1 is 0.733 bits per heavy atom. The maximum Gasteiger partial charge on any atom is -0.0264 e. The number of fused-ring (bicyclic) bond motifs is 5. The maximum atomic E-state index is 2.77. The molecular weight excluding hydrogens is 360 g/mol. The number of hydrogen-bond acceptors (Lipinski definition) is 0. The van der Waals surface area contributed by atoms with E-state index in [-0.39, 0.29) is 0 Å². The third-order valence-electron chi connectivity index (χ3n) is 12.3. The van der Waals surface area contributed by atoms with E-state index >= 15 is 0 Å². The van der Waals surface area contributed by atoms with Gasteiger partial charge in [-0.15, -0.1) is 0 Å². The second-order valence-electron chi connectivity index (χ2n) is 13.2. The van der Waals surface area contributed by atoms with Gasteiger partial charge in [0.25, 0.3) is 0 Å². The first kappa shape index (κ1) is 23.2. The summed E-state index contributed by atoms with van der Waals surface area (Å²) in [7, 11) is 0. The summed E-state index contributed by atoms with van der Waals surface area (Å²) in [6, 6.07) is 0. The normalized spacial score (nSPS) is 46.4. The minimum absolute atomic E-state index is 0.663. The number of rotatable bonds is 7. The Hall–Kier alpha value is 0. The molecule has 0 heterocycles. The average Bonchev–Trinajstić information content (AvgIpc) is 3.10. The van der Waals surface area contributed by atoms with Gasteiger partial charge in [-0.1, -0.05) is 73.6 Å². The molecule has 0 N–H and O–H groups in total. The van der Waals surface area contributed by atoms with E-state index in [1.807, 2.05) is 0 Å². The van der Waals surface area contributed by atoms with Crippen LogP contribution in [0.15, 0.2) is 0 Å². The van der Waals surface area contributed by atoms with E-state index in [4.69, 9.17) is 0 Å². The molecule has 174 valence electrons. The topological polar surface area (TPSA) is 0 Å². The minimum Gasteiger partial charge on any atom is -0.0651 e. The van der Waals surface area contributed by atoms with Gasteiger partial charge in [-0.3, -0.25) is 0 Å². The van der Waals surface area contributed by atoms with E-state index in [9.17, 15) is 0 Å². The highest BCUT2D eigenvalue weighted by atomic mass is 14.6. The molecule has 0 aromatic rings. The van der Waals surface area contributed by atoms with Crippen LogP contribution in [-0.2, 0) is 0 Å². The summed E-state index contributed by atoms with van der Waals surface area (Å²) < 4.78 is 0. The fourth-order valence-electron chi connectivity index (χ4n) is 10.2. The van der Waals surface area contributed by atoms with Crippen molar-refractivity contribution in [2.75, 3.05) is 0 Å². The van der Waals surface area contributed by atoms with Gasteiger partial charge in [-0.25, -0.2) is 0 Å². The zero-order chi connectivity index (χ0) is 21.5. The van der Waals surface area contributed by atoms with Crippen LogP contribution < -0.4 is 0 Å². The Bertz CT molecular complexity index is 564. The lowest BCUT2D eigenvalue weighted by molar-refractivity contribution is -0.114. The van der Waals surface area contributed by atoms with E-state index in [1.165, 1.54) is 38.5 Å². The first-order valence-corrected chi connectivity index (χ1v) is 14.3. The van der Waals surface area contributed by atoms with Gasteiger partial charge >= 0.3 is 0 Å². The van der Waals surface area contributed by atoms with Crippen LogP contribution in [0, 0.1) is 58.2 Å². The van der Waals surface area contributed by atoms with Crippen molar-refractivity contribution in [3.8, 4) is 0 Å². The molecule has 0 amide bonds. The molecule has 4 saturated carbocycles. The van der Waals surface area contributed by atoms with Crippen molar-refractivity contribution < 1.29 is 0 Å². The van der Waals surface area contributed by atoms with Crippen LogP contribution in [0.4, 0.5) is 0 Å². The summed E-state index contributed by atoms with van der Waals surface area (Å²) in [6.07, 6.45) is 21.2. The van der Waals surface area contributed by atoms with Crippen molar-refractivity contribution in [2.45, 2.75) is 131 Å². The van der Waals surface area contributed by atoms with Gasteiger partial charge in [0.2, 0.25) is 0 Å². The van der Waals surface area contributed by atoms with Gasteiger partial charge in [-0.05, 0) is 116 Å². The van der Waals surface area contributed by atoms with Crippen LogP contribution in [0.5, 0.6) is 0 Å². The predicted molar refractivity (Wildman–Crippen MR) is 131 cm³/mol. The highest BCUT2D eigenvalue weighted by Gasteiger charge is 2.60. The average molecular weight is 415 g/mol. The second kappa shape index (κ2) is 9.09. The molecule has 4 rings (SSSR count). The lowest BCUT2D eigenvalue weighted by atomic mass is 9.44. The van der Waals surface area contributed by atoms with E-state index in [0.29, 0.717) is 10.8 Å². The van der Waals surface area contributed by atoms with Crippen LogP contribution in [0.1, 0.15) is 131 Å². The molecule has 10 atom stereocenters. The quantitative estimate of drug-likeness (QED) is 0.389. The van der Waals surface area contributed by atoms with Crippen molar-refractivity contribution in [2.24, 2.45) is 58.2 Å². The van der Waals surface area contributed by atoms with Crippen molar-refractivity contribution in [3.05, 3.63) is 0 Å². The van der Waals surface area contributed by atoms with Crippen molar-refractivity contribution in [1.29, 1.82) is 0 Å². The second-order valence-corrected chi connectivity index (χ2v) is 13.2. The fraction of sp³-hybridized carbons (Fsp3) is 1.00. The summed E-state index contributed by atoms with van der Waals surface area (Å²) in [4.78, 5) is 0. The highest BCUT2D eigenvalue weighted by Crippen LogP contribution is 2.68. The third kappa shape index (κ3) is 3.83. The van der Waals surface area contributed by atoms with E-state index in [0.717, 1.165) is 47.3 Å². The molecule has 0 nitrogen and oxygen atoms in total. The molecule has 0 aliphatic heterocycles. The highest BCUT2D eigenvalue weighted by molar-refractivity contribution is 5.09. The summed E-state index contributed by atoms with van der Waals surface area (Å²) in [5, 5.41) is 0. The van der Waals surface area contributed by atoms with Gasteiger partial charge in [0, 0.05) is 0 Å². The van der Waals surface area contributed by atoms with Crippen molar-refractivity contribution in [1.82, 2.24) is 0 Å². The zero-order valence-corrected chi connectivity index (χ0v) is 21.5. The zero-order valence-electron chi connectivity index (χ0n) is 21.5. The van der Waals surface area contributed by atoms with E-state index in [2.05, 4.69) is 41.5 Å². The fourth-order valence-corrected chi connectivity index (χ4v) is 10.2. The number of hydrogen-bond donors (Lipinski definition) is 0. The first-order valence-electron chi connectivity index (χ1n) is 14.3. The minimum atomic E-state index is 0.663. The summed E-state index contributed by atoms with van der Waals surface area (Å²) in [5.41, 5.74) is 1.37. The van der Waals surface area contributed by atoms with Gasteiger partial charge < -0.3 is 0 Å². The van der Waals surface area contributed by atoms with Crippen LogP contribution in [0.2, 0.25) is 0 Å². The molecule has 0 saturated heterocycles. The Labute approximate surface area is 189 Å². The molecular formula is C30H54. The Morgan fingerprint density at radius 3 is 2.23 bits per heavy atom. The Morgan fingerprint density at radius 2 is 1.50 bits per heavy atom. The van der Waals surface area contributed by atoms with Gasteiger partial charge in [0.1, 0.15) is 0 Å². The summed E-state index contributed by atoms with van der Waals surface area (Å²) >= 11 is 0. The molecule has 4 aliphatic rings. The molecule has 0 spiro atoms. The summed E-state index contributed by atoms with van der Waals surface area (Å²) in [6.45, 7) is 15.5. The van der Waals surface area contributed by atoms with Crippen molar-refractivity contribution >= 4 is 0 Å². The third-order valence-corrected chi connectivity index (χ3v) is 12.3. The van der Waals surface area contributed by atoms with Crippen LogP contribution in [-0.4, -0.2) is 0 Å². The Balaban J connectivity index is 1.43. The molecule has 2 unspecified atom stereocenters. The largest absolute Gasteiger partial charge is 0.0651 e.